The number of halogens is 1. The van der Waals surface area contributed by atoms with E-state index < -0.39 is 18.3 Å². The molecule has 1 aromatic rings. The average molecular weight is 294 g/mol. The van der Waals surface area contributed by atoms with Gasteiger partial charge >= 0.3 is 7.12 Å². The minimum absolute atomic E-state index is 0.279. The van der Waals surface area contributed by atoms with Gasteiger partial charge in [-0.1, -0.05) is 19.1 Å². The zero-order chi connectivity index (χ0) is 15.7. The third-order valence-corrected chi connectivity index (χ3v) is 4.21. The lowest BCUT2D eigenvalue weighted by molar-refractivity contribution is 0.00578. The summed E-state index contributed by atoms with van der Waals surface area (Å²) < 4.78 is 31.4. The summed E-state index contributed by atoms with van der Waals surface area (Å²) in [6.45, 7) is 10.9. The maximum absolute atomic E-state index is 14.1. The second-order valence-electron chi connectivity index (χ2n) is 6.49. The summed E-state index contributed by atoms with van der Waals surface area (Å²) in [7, 11) is -0.532. The van der Waals surface area contributed by atoms with E-state index in [0.29, 0.717) is 24.2 Å². The SMILES string of the molecule is CCCOCc1ccc(B2OC(C)(C)C(C)(C)O2)cc1F. The molecule has 1 saturated heterocycles. The Morgan fingerprint density at radius 1 is 1.14 bits per heavy atom. The minimum Gasteiger partial charge on any atom is -0.399 e. The standard InChI is InChI=1S/C16H24BFO3/c1-6-9-19-11-12-7-8-13(10-14(12)18)17-20-15(2,3)16(4,5)21-17/h7-8,10H,6,9,11H2,1-5H3. The lowest BCUT2D eigenvalue weighted by Gasteiger charge is -2.32. The quantitative estimate of drug-likeness (QED) is 0.617. The molecule has 1 heterocycles. The third kappa shape index (κ3) is 3.47. The van der Waals surface area contributed by atoms with Crippen molar-refractivity contribution < 1.29 is 18.4 Å². The van der Waals surface area contributed by atoms with Crippen LogP contribution in [0.3, 0.4) is 0 Å². The fourth-order valence-corrected chi connectivity index (χ4v) is 2.13. The highest BCUT2D eigenvalue weighted by molar-refractivity contribution is 6.62. The van der Waals surface area contributed by atoms with Gasteiger partial charge in [-0.25, -0.2) is 4.39 Å². The predicted octanol–water partition coefficient (Wildman–Crippen LogP) is 3.05. The molecule has 0 unspecified atom stereocenters. The summed E-state index contributed by atoms with van der Waals surface area (Å²) in [5.41, 5.74) is 0.419. The average Bonchev–Trinajstić information content (AvgIpc) is 2.60. The fraction of sp³-hybridized carbons (Fsp3) is 0.625. The highest BCUT2D eigenvalue weighted by Gasteiger charge is 2.51. The predicted molar refractivity (Wildman–Crippen MR) is 82.1 cm³/mol. The first-order valence-corrected chi connectivity index (χ1v) is 7.48. The molecule has 0 radical (unpaired) electrons. The van der Waals surface area contributed by atoms with Crippen LogP contribution in [0.5, 0.6) is 0 Å². The van der Waals surface area contributed by atoms with Crippen LogP contribution in [-0.4, -0.2) is 24.9 Å². The van der Waals surface area contributed by atoms with Crippen LogP contribution in [0.1, 0.15) is 46.6 Å². The van der Waals surface area contributed by atoms with Crippen molar-refractivity contribution in [2.24, 2.45) is 0 Å². The Bertz CT molecular complexity index is 486. The Morgan fingerprint density at radius 2 is 1.76 bits per heavy atom. The van der Waals surface area contributed by atoms with Gasteiger partial charge in [0.15, 0.2) is 0 Å². The number of hydrogen-bond donors (Lipinski definition) is 0. The van der Waals surface area contributed by atoms with Crippen molar-refractivity contribution in [2.75, 3.05) is 6.61 Å². The monoisotopic (exact) mass is 294 g/mol. The zero-order valence-corrected chi connectivity index (χ0v) is 13.5. The van der Waals surface area contributed by atoms with Crippen molar-refractivity contribution in [1.29, 1.82) is 0 Å². The number of benzene rings is 1. The number of rotatable bonds is 5. The van der Waals surface area contributed by atoms with Crippen molar-refractivity contribution in [3.05, 3.63) is 29.6 Å². The molecule has 0 aliphatic carbocycles. The van der Waals surface area contributed by atoms with Gasteiger partial charge in [-0.3, -0.25) is 0 Å². The van der Waals surface area contributed by atoms with E-state index in [1.54, 1.807) is 6.07 Å². The van der Waals surface area contributed by atoms with Crippen LogP contribution in [0.4, 0.5) is 4.39 Å². The Hall–Kier alpha value is -0.905. The van der Waals surface area contributed by atoms with Crippen LogP contribution in [0.15, 0.2) is 18.2 Å². The van der Waals surface area contributed by atoms with Crippen LogP contribution in [0.25, 0.3) is 0 Å². The summed E-state index contributed by atoms with van der Waals surface area (Å²) in [5.74, 6) is -0.279. The lowest BCUT2D eigenvalue weighted by atomic mass is 9.79. The van der Waals surface area contributed by atoms with Crippen LogP contribution in [-0.2, 0) is 20.7 Å². The first-order valence-electron chi connectivity index (χ1n) is 7.48. The molecule has 0 aromatic heterocycles. The Morgan fingerprint density at radius 3 is 2.29 bits per heavy atom. The van der Waals surface area contributed by atoms with Gasteiger partial charge < -0.3 is 14.0 Å². The van der Waals surface area contributed by atoms with Crippen molar-refractivity contribution >= 4 is 12.6 Å². The van der Waals surface area contributed by atoms with Crippen LogP contribution >= 0.6 is 0 Å². The first kappa shape index (κ1) is 16.5. The second-order valence-corrected chi connectivity index (χ2v) is 6.49. The molecule has 3 nitrogen and oxygen atoms in total. The zero-order valence-electron chi connectivity index (χ0n) is 13.5. The molecule has 116 valence electrons. The highest BCUT2D eigenvalue weighted by Crippen LogP contribution is 2.36. The molecule has 0 bridgehead atoms. The van der Waals surface area contributed by atoms with E-state index in [1.165, 1.54) is 6.07 Å². The molecule has 0 saturated carbocycles. The summed E-state index contributed by atoms with van der Waals surface area (Å²) in [6.07, 6.45) is 0.924. The molecular formula is C16H24BFO3. The Balaban J connectivity index is 2.11. The largest absolute Gasteiger partial charge is 0.494 e. The van der Waals surface area contributed by atoms with E-state index in [2.05, 4.69) is 0 Å². The van der Waals surface area contributed by atoms with Gasteiger partial charge in [0.05, 0.1) is 17.8 Å². The van der Waals surface area contributed by atoms with E-state index in [1.807, 2.05) is 40.7 Å². The highest BCUT2D eigenvalue weighted by atomic mass is 19.1. The molecule has 1 aliphatic rings. The van der Waals surface area contributed by atoms with E-state index in [0.717, 1.165) is 6.42 Å². The van der Waals surface area contributed by atoms with Gasteiger partial charge in [0.2, 0.25) is 0 Å². The van der Waals surface area contributed by atoms with Crippen molar-refractivity contribution in [1.82, 2.24) is 0 Å². The molecule has 2 rings (SSSR count). The van der Waals surface area contributed by atoms with Crippen LogP contribution in [0.2, 0.25) is 0 Å². The summed E-state index contributed by atoms with van der Waals surface area (Å²) >= 11 is 0. The summed E-state index contributed by atoms with van der Waals surface area (Å²) in [4.78, 5) is 0. The molecule has 5 heteroatoms. The van der Waals surface area contributed by atoms with E-state index in [-0.39, 0.29) is 5.82 Å². The van der Waals surface area contributed by atoms with Crippen molar-refractivity contribution in [3.63, 3.8) is 0 Å². The van der Waals surface area contributed by atoms with Crippen LogP contribution < -0.4 is 5.46 Å². The smallest absolute Gasteiger partial charge is 0.399 e. The molecule has 0 atom stereocenters. The maximum atomic E-state index is 14.1. The molecule has 1 fully saturated rings. The Kier molecular flexibility index (Phi) is 4.76. The lowest BCUT2D eigenvalue weighted by Crippen LogP contribution is -2.41. The van der Waals surface area contributed by atoms with Gasteiger partial charge in [-0.15, -0.1) is 0 Å². The fourth-order valence-electron chi connectivity index (χ4n) is 2.13. The van der Waals surface area contributed by atoms with Gasteiger partial charge in [0.25, 0.3) is 0 Å². The minimum atomic E-state index is -0.532. The third-order valence-electron chi connectivity index (χ3n) is 4.21. The van der Waals surface area contributed by atoms with Crippen LogP contribution in [0, 0.1) is 5.82 Å². The van der Waals surface area contributed by atoms with Gasteiger partial charge in [-0.2, -0.15) is 0 Å². The molecule has 1 aliphatic heterocycles. The number of hydrogen-bond acceptors (Lipinski definition) is 3. The van der Waals surface area contributed by atoms with Gasteiger partial charge in [-0.05, 0) is 45.6 Å². The molecular weight excluding hydrogens is 270 g/mol. The normalized spacial score (nSPS) is 20.0. The molecule has 1 aromatic carbocycles. The van der Waals surface area contributed by atoms with Gasteiger partial charge in [0, 0.05) is 12.2 Å². The molecule has 0 amide bonds. The summed E-state index contributed by atoms with van der Waals surface area (Å²) in [6, 6.07) is 5.06. The first-order chi connectivity index (χ1) is 9.77. The van der Waals surface area contributed by atoms with Crippen molar-refractivity contribution in [3.8, 4) is 0 Å². The van der Waals surface area contributed by atoms with Gasteiger partial charge in [0.1, 0.15) is 5.82 Å². The van der Waals surface area contributed by atoms with Crippen molar-refractivity contribution in [2.45, 2.75) is 58.8 Å². The maximum Gasteiger partial charge on any atom is 0.494 e. The summed E-state index contributed by atoms with van der Waals surface area (Å²) in [5, 5.41) is 0. The van der Waals surface area contributed by atoms with E-state index in [4.69, 9.17) is 14.0 Å². The molecule has 0 spiro atoms. The molecule has 0 N–H and O–H groups in total. The molecule has 21 heavy (non-hydrogen) atoms. The second kappa shape index (κ2) is 6.07. The number of ether oxygens (including phenoxy) is 1. The Labute approximate surface area is 126 Å². The van der Waals surface area contributed by atoms with E-state index >= 15 is 0 Å². The van der Waals surface area contributed by atoms with E-state index in [9.17, 15) is 4.39 Å². The topological polar surface area (TPSA) is 27.7 Å².